The number of unbranched alkanes of at least 4 members (excludes halogenated alkanes) is 18. The normalized spacial score (nSPS) is 16.2. The second-order valence-electron chi connectivity index (χ2n) is 16.1. The topological polar surface area (TPSA) is 212 Å². The van der Waals surface area contributed by atoms with Crippen molar-refractivity contribution in [3.8, 4) is 0 Å². The van der Waals surface area contributed by atoms with Gasteiger partial charge in [0.15, 0.2) is 2.74 Å². The van der Waals surface area contributed by atoms with Crippen LogP contribution in [0.15, 0.2) is 0 Å². The highest BCUT2D eigenvalue weighted by Gasteiger charge is 2.53. The lowest BCUT2D eigenvalue weighted by Gasteiger charge is -2.27. The second-order valence-corrected chi connectivity index (χ2v) is 25.6. The van der Waals surface area contributed by atoms with Gasteiger partial charge < -0.3 is 25.7 Å². The van der Waals surface area contributed by atoms with E-state index in [2.05, 4.69) is 5.32 Å². The number of ketones is 2. The maximum Gasteiger partial charge on any atom is 0.308 e. The molecule has 2 aliphatic rings. The van der Waals surface area contributed by atoms with E-state index in [1.54, 1.807) is 64.8 Å². The highest BCUT2D eigenvalue weighted by molar-refractivity contribution is 9.14. The van der Waals surface area contributed by atoms with Crippen molar-refractivity contribution in [1.29, 1.82) is 0 Å². The number of hydrogen-bond acceptors (Lipinski definition) is 13. The van der Waals surface area contributed by atoms with Crippen LogP contribution < -0.4 is 5.32 Å². The Balaban J connectivity index is 0.0000186. The van der Waals surface area contributed by atoms with Gasteiger partial charge in [0.05, 0.1) is 22.3 Å². The lowest BCUT2D eigenvalue weighted by Crippen LogP contribution is -2.27. The number of nitrogens with one attached hydrogen (secondary N) is 1. The van der Waals surface area contributed by atoms with Gasteiger partial charge in [0.2, 0.25) is 5.91 Å². The third-order valence-corrected chi connectivity index (χ3v) is 24.7. The molecule has 2 heterocycles. The van der Waals surface area contributed by atoms with Gasteiger partial charge in [0.25, 0.3) is 0 Å². The number of carbonyl (C=O) groups excluding carboxylic acids is 3. The van der Waals surface area contributed by atoms with Crippen molar-refractivity contribution in [2.24, 2.45) is 17.8 Å². The van der Waals surface area contributed by atoms with E-state index in [9.17, 15) is 48.9 Å². The van der Waals surface area contributed by atoms with E-state index >= 15 is 0 Å². The molecule has 2 aliphatic heterocycles. The number of aliphatic carboxylic acids is 4. The molecule has 3 atom stereocenters. The van der Waals surface area contributed by atoms with Gasteiger partial charge in [-0.3, -0.25) is 33.6 Å². The summed E-state index contributed by atoms with van der Waals surface area (Å²) in [5.74, 6) is -7.32. The summed E-state index contributed by atoms with van der Waals surface area (Å²) in [5.41, 5.74) is 0. The highest BCUT2D eigenvalue weighted by atomic mass is 33.2. The molecule has 0 radical (unpaired) electrons. The average molecular weight is 958 g/mol. The van der Waals surface area contributed by atoms with Gasteiger partial charge in [-0.1, -0.05) is 152 Å². The Morgan fingerprint density at radius 2 is 0.883 bits per heavy atom. The van der Waals surface area contributed by atoms with Gasteiger partial charge in [-0.25, -0.2) is 0 Å². The molecule has 0 aromatic rings. The first-order chi connectivity index (χ1) is 28.8. The first kappa shape index (κ1) is 54.9. The molecule has 0 bridgehead atoms. The van der Waals surface area contributed by atoms with Crippen molar-refractivity contribution in [1.82, 2.24) is 5.32 Å². The minimum absolute atomic E-state index is 0. The number of rotatable bonds is 40. The molecular weight excluding hydrogens is 887 g/mol. The maximum atomic E-state index is 12.7. The second kappa shape index (κ2) is 33.3. The fourth-order valence-electron chi connectivity index (χ4n) is 7.09. The van der Waals surface area contributed by atoms with E-state index in [-0.39, 0.29) is 65.4 Å². The van der Waals surface area contributed by atoms with Gasteiger partial charge >= 0.3 is 23.9 Å². The van der Waals surface area contributed by atoms with Crippen molar-refractivity contribution in [3.05, 3.63) is 0 Å². The Morgan fingerprint density at radius 3 is 1.30 bits per heavy atom. The van der Waals surface area contributed by atoms with Crippen molar-refractivity contribution in [2.45, 2.75) is 194 Å². The van der Waals surface area contributed by atoms with E-state index in [0.29, 0.717) is 38.6 Å². The minimum Gasteiger partial charge on any atom is -0.481 e. The maximum absolute atomic E-state index is 12.7. The van der Waals surface area contributed by atoms with E-state index in [1.807, 2.05) is 0 Å². The number of carboxylic acid groups (broad SMARTS) is 4. The Labute approximate surface area is 382 Å². The van der Waals surface area contributed by atoms with Crippen LogP contribution in [0.2, 0.25) is 0 Å². The fourth-order valence-corrected chi connectivity index (χ4v) is 20.9. The Bertz CT molecular complexity index is 1320. The van der Waals surface area contributed by atoms with Gasteiger partial charge in [-0.05, 0) is 60.1 Å². The van der Waals surface area contributed by atoms with Gasteiger partial charge in [0, 0.05) is 46.5 Å². The smallest absolute Gasteiger partial charge is 0.308 e. The van der Waals surface area contributed by atoms with Crippen LogP contribution in [0, 0.1) is 17.8 Å². The van der Waals surface area contributed by atoms with Gasteiger partial charge in [-0.2, -0.15) is 0 Å². The van der Waals surface area contributed by atoms with Crippen molar-refractivity contribution in [2.75, 3.05) is 6.54 Å². The quantitative estimate of drug-likeness (QED) is 0.0219. The lowest BCUT2D eigenvalue weighted by atomic mass is 9.90. The van der Waals surface area contributed by atoms with Crippen molar-refractivity contribution < 1.29 is 55.4 Å². The zero-order valence-electron chi connectivity index (χ0n) is 35.1. The number of carbonyl (C=O) groups is 7. The number of hydrogen-bond donors (Lipinski definition) is 5. The van der Waals surface area contributed by atoms with Crippen LogP contribution in [0.5, 0.6) is 0 Å². The molecule has 346 valence electrons. The lowest BCUT2D eigenvalue weighted by molar-refractivity contribution is -0.145. The predicted molar refractivity (Wildman–Crippen MR) is 252 cm³/mol. The molecule has 0 unspecified atom stereocenters. The molecule has 1 amide bonds. The summed E-state index contributed by atoms with van der Waals surface area (Å²) in [6, 6.07) is 0. The molecule has 1 spiro atoms. The molecular formula is C42H71NO11S6. The molecule has 60 heavy (non-hydrogen) atoms. The Hall–Kier alpha value is -1.21. The zero-order chi connectivity index (χ0) is 44.0. The molecule has 2 rings (SSSR count). The molecule has 0 aromatic heterocycles. The van der Waals surface area contributed by atoms with Gasteiger partial charge in [0.1, 0.15) is 11.6 Å². The summed E-state index contributed by atoms with van der Waals surface area (Å²) in [4.78, 5) is 83.8. The Kier molecular flexibility index (Phi) is 30.5. The van der Waals surface area contributed by atoms with Crippen LogP contribution in [0.1, 0.15) is 188 Å². The zero-order valence-corrected chi connectivity index (χ0v) is 40.0. The molecule has 0 aromatic carbocycles. The SMILES string of the molecule is O=C(O)CCCCCCCCCCCCCCCCCCCCC(=O)C[C@@H](CCC(=O)C[C@@H](CCC(=O)NCCCC[C@@H](C(=O)O)C1SSC2(SS1)SS2)C(=O)O)C(=O)O.[HH]. The molecule has 5 N–H and O–H groups in total. The van der Waals surface area contributed by atoms with E-state index in [0.717, 1.165) is 38.5 Å². The van der Waals surface area contributed by atoms with Crippen LogP contribution in [0.25, 0.3) is 0 Å². The standard InChI is InChI=1S/C42H69NO11S6.H2/c44-33(21-17-15-13-11-9-7-5-3-1-2-4-6-8-10-12-14-16-18-23-37(47)48)29-31(38(49)50)24-26-34(45)30-32(39(51)52)25-27-36(46)43-28-20-19-22-35(40(53)54)41-55-57-42(58-56-41)59-60-42;/h31-32,35,41H,1-30H2,(H,43,46)(H,47,48)(H,49,50)(H,51,52)(H,53,54);1H/t31-,32-,35+;/m1./s1. The third-order valence-electron chi connectivity index (χ3n) is 10.9. The van der Waals surface area contributed by atoms with Crippen LogP contribution in [0.3, 0.4) is 0 Å². The summed E-state index contributed by atoms with van der Waals surface area (Å²) >= 11 is 0. The van der Waals surface area contributed by atoms with E-state index in [4.69, 9.17) is 5.11 Å². The first-order valence-electron chi connectivity index (χ1n) is 22.1. The predicted octanol–water partition coefficient (Wildman–Crippen LogP) is 12.1. The van der Waals surface area contributed by atoms with Crippen LogP contribution in [-0.4, -0.2) is 75.6 Å². The van der Waals surface area contributed by atoms with Gasteiger partial charge in [-0.15, -0.1) is 0 Å². The molecule has 12 nitrogen and oxygen atoms in total. The highest BCUT2D eigenvalue weighted by Crippen LogP contribution is 2.84. The largest absolute Gasteiger partial charge is 0.481 e. The van der Waals surface area contributed by atoms with E-state index in [1.165, 1.54) is 70.6 Å². The fraction of sp³-hybridized carbons (Fsp3) is 0.833. The molecule has 0 saturated carbocycles. The van der Waals surface area contributed by atoms with Crippen LogP contribution >= 0.6 is 64.8 Å². The molecule has 2 fully saturated rings. The van der Waals surface area contributed by atoms with Crippen LogP contribution in [-0.2, 0) is 33.6 Å². The monoisotopic (exact) mass is 957 g/mol. The summed E-state index contributed by atoms with van der Waals surface area (Å²) in [5, 5.41) is 40.5. The van der Waals surface area contributed by atoms with E-state index < -0.39 is 47.4 Å². The molecule has 18 heteroatoms. The summed E-state index contributed by atoms with van der Waals surface area (Å²) in [7, 11) is 10.3. The molecule has 0 aliphatic carbocycles. The van der Waals surface area contributed by atoms with Crippen molar-refractivity contribution >= 4 is 106 Å². The number of amides is 1. The van der Waals surface area contributed by atoms with Crippen LogP contribution in [0.4, 0.5) is 0 Å². The first-order valence-corrected chi connectivity index (χ1v) is 28.7. The molecule has 2 saturated heterocycles. The van der Waals surface area contributed by atoms with Crippen molar-refractivity contribution in [3.63, 3.8) is 0 Å². The summed E-state index contributed by atoms with van der Waals surface area (Å²) in [6.07, 6.45) is 22.1. The summed E-state index contributed by atoms with van der Waals surface area (Å²) < 4.78 is 0.0597. The third kappa shape index (κ3) is 27.1. The number of carboxylic acids is 4. The average Bonchev–Trinajstić information content (AvgIpc) is 3.96. The Morgan fingerprint density at radius 1 is 0.467 bits per heavy atom. The number of Topliss-reactive ketones (excluding diaryl/α,β-unsaturated/α-hetero) is 2. The summed E-state index contributed by atoms with van der Waals surface area (Å²) in [6.45, 7) is 0.341. The minimum atomic E-state index is -1.20.